The average molecular weight is 391 g/mol. The number of aliphatic hydroxyl groups excluding tert-OH is 3. The molecule has 0 aliphatic rings. The number of rotatable bonds is 14. The van der Waals surface area contributed by atoms with Gasteiger partial charge in [0.05, 0.1) is 25.4 Å². The molecule has 0 bridgehead atoms. The Labute approximate surface area is 168 Å². The van der Waals surface area contributed by atoms with E-state index in [0.29, 0.717) is 25.7 Å². The SMILES string of the molecule is CCC=CC[C@H](O)[C@H](O)C=CC=CC=CC=C[C@@H](O)CC=CCCC(=O)OC. The summed E-state index contributed by atoms with van der Waals surface area (Å²) >= 11 is 0. The zero-order chi connectivity index (χ0) is 21.0. The minimum absolute atomic E-state index is 0.243. The minimum Gasteiger partial charge on any atom is -0.469 e. The third-order valence-electron chi connectivity index (χ3n) is 3.66. The molecule has 0 unspecified atom stereocenters. The van der Waals surface area contributed by atoms with Gasteiger partial charge in [-0.15, -0.1) is 0 Å². The Morgan fingerprint density at radius 3 is 2.11 bits per heavy atom. The second-order valence-corrected chi connectivity index (χ2v) is 6.10. The van der Waals surface area contributed by atoms with Crippen LogP contribution < -0.4 is 0 Å². The summed E-state index contributed by atoms with van der Waals surface area (Å²) < 4.78 is 4.54. The van der Waals surface area contributed by atoms with E-state index in [0.717, 1.165) is 6.42 Å². The van der Waals surface area contributed by atoms with E-state index in [2.05, 4.69) is 4.74 Å². The van der Waals surface area contributed by atoms with Crippen molar-refractivity contribution in [2.75, 3.05) is 7.11 Å². The predicted octanol–water partition coefficient (Wildman–Crippen LogP) is 3.55. The number of hydrogen-bond donors (Lipinski definition) is 3. The summed E-state index contributed by atoms with van der Waals surface area (Å²) in [6.45, 7) is 2.01. The minimum atomic E-state index is -0.897. The van der Waals surface area contributed by atoms with E-state index >= 15 is 0 Å². The smallest absolute Gasteiger partial charge is 0.305 e. The lowest BCUT2D eigenvalue weighted by atomic mass is 10.1. The first-order valence-electron chi connectivity index (χ1n) is 9.60. The number of methoxy groups -OCH3 is 1. The van der Waals surface area contributed by atoms with Gasteiger partial charge in [0.25, 0.3) is 0 Å². The lowest BCUT2D eigenvalue weighted by Gasteiger charge is -2.11. The fraction of sp³-hybridized carbons (Fsp3) is 0.435. The van der Waals surface area contributed by atoms with Gasteiger partial charge in [-0.25, -0.2) is 0 Å². The predicted molar refractivity (Wildman–Crippen MR) is 114 cm³/mol. The first-order chi connectivity index (χ1) is 13.5. The first kappa shape index (κ1) is 25.8. The largest absolute Gasteiger partial charge is 0.469 e. The Kier molecular flexibility index (Phi) is 16.7. The second kappa shape index (κ2) is 18.2. The number of ether oxygens (including phenoxy) is 1. The molecule has 28 heavy (non-hydrogen) atoms. The van der Waals surface area contributed by atoms with Crippen molar-refractivity contribution in [3.05, 3.63) is 72.9 Å². The first-order valence-corrected chi connectivity index (χ1v) is 9.60. The van der Waals surface area contributed by atoms with Crippen LogP contribution in [-0.2, 0) is 9.53 Å². The molecule has 0 amide bonds. The Bertz CT molecular complexity index is 570. The van der Waals surface area contributed by atoms with Crippen LogP contribution in [0.5, 0.6) is 0 Å². The van der Waals surface area contributed by atoms with Gasteiger partial charge >= 0.3 is 5.97 Å². The zero-order valence-electron chi connectivity index (χ0n) is 16.9. The normalized spacial score (nSPS) is 16.3. The third kappa shape index (κ3) is 16.0. The van der Waals surface area contributed by atoms with Crippen molar-refractivity contribution < 1.29 is 24.9 Å². The molecule has 3 N–H and O–H groups in total. The molecule has 0 saturated carbocycles. The molecule has 0 aromatic rings. The number of aliphatic hydroxyl groups is 3. The fourth-order valence-corrected chi connectivity index (χ4v) is 2.03. The van der Waals surface area contributed by atoms with Gasteiger partial charge in [0.15, 0.2) is 0 Å². The summed E-state index contributed by atoms with van der Waals surface area (Å²) in [6, 6.07) is 0. The number of hydrogen-bond acceptors (Lipinski definition) is 5. The van der Waals surface area contributed by atoms with Crippen LogP contribution in [-0.4, -0.2) is 46.7 Å². The van der Waals surface area contributed by atoms with Gasteiger partial charge in [0.2, 0.25) is 0 Å². The van der Waals surface area contributed by atoms with Crippen molar-refractivity contribution >= 4 is 5.97 Å². The molecule has 0 heterocycles. The van der Waals surface area contributed by atoms with Crippen molar-refractivity contribution in [2.45, 2.75) is 57.3 Å². The molecule has 0 saturated heterocycles. The van der Waals surface area contributed by atoms with E-state index in [1.54, 1.807) is 48.6 Å². The van der Waals surface area contributed by atoms with E-state index in [4.69, 9.17) is 0 Å². The van der Waals surface area contributed by atoms with Crippen LogP contribution >= 0.6 is 0 Å². The maximum Gasteiger partial charge on any atom is 0.305 e. The lowest BCUT2D eigenvalue weighted by molar-refractivity contribution is -0.140. The lowest BCUT2D eigenvalue weighted by Crippen LogP contribution is -2.22. The maximum atomic E-state index is 10.9. The van der Waals surface area contributed by atoms with Gasteiger partial charge in [0.1, 0.15) is 0 Å². The van der Waals surface area contributed by atoms with Crippen molar-refractivity contribution in [2.24, 2.45) is 0 Å². The van der Waals surface area contributed by atoms with E-state index in [1.165, 1.54) is 7.11 Å². The molecule has 0 fully saturated rings. The maximum absolute atomic E-state index is 10.9. The van der Waals surface area contributed by atoms with Crippen molar-refractivity contribution in [3.8, 4) is 0 Å². The molecule has 0 aliphatic heterocycles. The quantitative estimate of drug-likeness (QED) is 0.240. The van der Waals surface area contributed by atoms with E-state index in [9.17, 15) is 20.1 Å². The molecule has 0 aromatic heterocycles. The Morgan fingerprint density at radius 2 is 1.46 bits per heavy atom. The molecule has 3 atom stereocenters. The zero-order valence-corrected chi connectivity index (χ0v) is 16.9. The summed E-state index contributed by atoms with van der Waals surface area (Å²) in [5, 5.41) is 29.3. The summed E-state index contributed by atoms with van der Waals surface area (Å²) in [7, 11) is 1.36. The summed E-state index contributed by atoms with van der Waals surface area (Å²) in [5.41, 5.74) is 0. The second-order valence-electron chi connectivity index (χ2n) is 6.10. The van der Waals surface area contributed by atoms with Crippen LogP contribution in [0.25, 0.3) is 0 Å². The van der Waals surface area contributed by atoms with Crippen molar-refractivity contribution in [3.63, 3.8) is 0 Å². The molecule has 0 aliphatic carbocycles. The number of allylic oxidation sites excluding steroid dienone is 8. The molecule has 5 heteroatoms. The number of carbonyl (C=O) groups is 1. The molecule has 0 radical (unpaired) electrons. The van der Waals surface area contributed by atoms with Crippen LogP contribution in [0.1, 0.15) is 39.0 Å². The molecular formula is C23H34O5. The van der Waals surface area contributed by atoms with Gasteiger partial charge < -0.3 is 20.1 Å². The number of esters is 1. The highest BCUT2D eigenvalue weighted by Crippen LogP contribution is 2.03. The molecular weight excluding hydrogens is 356 g/mol. The van der Waals surface area contributed by atoms with Crippen LogP contribution in [0.3, 0.4) is 0 Å². The summed E-state index contributed by atoms with van der Waals surface area (Å²) in [4.78, 5) is 10.9. The standard InChI is InChI=1S/C23H34O5/c1-3-4-10-17-21(25)22(26)18-13-8-6-5-7-11-15-20(24)16-12-9-14-19-23(27)28-2/h4-13,15,18,20-22,24-26H,3,14,16-17,19H2,1-2H3/t20-,21+,22-/m1/s1. The van der Waals surface area contributed by atoms with Gasteiger partial charge in [-0.1, -0.05) is 79.8 Å². The highest BCUT2D eigenvalue weighted by molar-refractivity contribution is 5.69. The molecule has 0 rings (SSSR count). The fourth-order valence-electron chi connectivity index (χ4n) is 2.03. The monoisotopic (exact) mass is 390 g/mol. The van der Waals surface area contributed by atoms with Gasteiger partial charge in [0, 0.05) is 6.42 Å². The van der Waals surface area contributed by atoms with Gasteiger partial charge in [-0.2, -0.15) is 0 Å². The van der Waals surface area contributed by atoms with Crippen molar-refractivity contribution in [1.82, 2.24) is 0 Å². The topological polar surface area (TPSA) is 87.0 Å². The van der Waals surface area contributed by atoms with E-state index in [-0.39, 0.29) is 5.97 Å². The van der Waals surface area contributed by atoms with Gasteiger partial charge in [-0.05, 0) is 25.7 Å². The van der Waals surface area contributed by atoms with Gasteiger partial charge in [-0.3, -0.25) is 4.79 Å². The van der Waals surface area contributed by atoms with Crippen LogP contribution in [0.15, 0.2) is 72.9 Å². The Morgan fingerprint density at radius 1 is 0.857 bits per heavy atom. The molecule has 0 aromatic carbocycles. The van der Waals surface area contributed by atoms with Crippen molar-refractivity contribution in [1.29, 1.82) is 0 Å². The van der Waals surface area contributed by atoms with E-state index in [1.807, 2.05) is 31.2 Å². The van der Waals surface area contributed by atoms with Crippen LogP contribution in [0, 0.1) is 0 Å². The molecule has 0 spiro atoms. The Hall–Kier alpha value is -2.21. The Balaban J connectivity index is 4.03. The number of carbonyl (C=O) groups excluding carboxylic acids is 1. The van der Waals surface area contributed by atoms with Crippen LogP contribution in [0.4, 0.5) is 0 Å². The highest BCUT2D eigenvalue weighted by Gasteiger charge is 2.10. The summed E-state index contributed by atoms with van der Waals surface area (Å²) in [5.74, 6) is -0.243. The van der Waals surface area contributed by atoms with E-state index < -0.39 is 18.3 Å². The highest BCUT2D eigenvalue weighted by atomic mass is 16.5. The van der Waals surface area contributed by atoms with Crippen LogP contribution in [0.2, 0.25) is 0 Å². The molecule has 156 valence electrons. The molecule has 5 nitrogen and oxygen atoms in total. The third-order valence-corrected chi connectivity index (χ3v) is 3.66. The summed E-state index contributed by atoms with van der Waals surface area (Å²) in [6.07, 6.45) is 21.8. The average Bonchev–Trinajstić information content (AvgIpc) is 2.69.